The van der Waals surface area contributed by atoms with Crippen LogP contribution in [0.15, 0.2) is 42.5 Å². The Balaban J connectivity index is 1.65. The van der Waals surface area contributed by atoms with Gasteiger partial charge in [0, 0.05) is 18.2 Å². The van der Waals surface area contributed by atoms with E-state index in [9.17, 15) is 21.2 Å². The Kier molecular flexibility index (Phi) is 8.15. The lowest BCUT2D eigenvalue weighted by Gasteiger charge is -2.23. The van der Waals surface area contributed by atoms with Gasteiger partial charge in [0.25, 0.3) is 0 Å². The minimum atomic E-state index is -3.41. The van der Waals surface area contributed by atoms with Crippen molar-refractivity contribution in [2.24, 2.45) is 0 Å². The molecule has 7 nitrogen and oxygen atoms in total. The Morgan fingerprint density at radius 3 is 2.36 bits per heavy atom. The van der Waals surface area contributed by atoms with Gasteiger partial charge < -0.3 is 4.74 Å². The zero-order chi connectivity index (χ0) is 24.2. The molecule has 0 bridgehead atoms. The highest BCUT2D eigenvalue weighted by atomic mass is 32.2. The maximum atomic E-state index is 14.9. The summed E-state index contributed by atoms with van der Waals surface area (Å²) in [6, 6.07) is 11.6. The van der Waals surface area contributed by atoms with E-state index in [2.05, 4.69) is 9.44 Å². The molecule has 0 amide bonds. The zero-order valence-electron chi connectivity index (χ0n) is 19.0. The molecule has 0 saturated heterocycles. The van der Waals surface area contributed by atoms with Crippen LogP contribution in [0.5, 0.6) is 5.75 Å². The highest BCUT2D eigenvalue weighted by Crippen LogP contribution is 2.30. The molecule has 1 fully saturated rings. The molecule has 0 radical (unpaired) electrons. The second-order valence-corrected chi connectivity index (χ2v) is 12.8. The molecule has 0 heterocycles. The third kappa shape index (κ3) is 7.23. The van der Waals surface area contributed by atoms with Gasteiger partial charge in [-0.25, -0.2) is 30.7 Å². The monoisotopic (exact) mass is 498 g/mol. The molecule has 2 aromatic rings. The molecule has 10 heteroatoms. The summed E-state index contributed by atoms with van der Waals surface area (Å²) in [5, 5.41) is -0.530. The Labute approximate surface area is 195 Å². The number of halogens is 1. The van der Waals surface area contributed by atoms with E-state index in [4.69, 9.17) is 4.74 Å². The van der Waals surface area contributed by atoms with E-state index in [1.807, 2.05) is 12.1 Å². The van der Waals surface area contributed by atoms with Crippen molar-refractivity contribution < 1.29 is 26.0 Å². The van der Waals surface area contributed by atoms with Gasteiger partial charge in [0.15, 0.2) is 0 Å². The van der Waals surface area contributed by atoms with E-state index in [0.29, 0.717) is 42.7 Å². The van der Waals surface area contributed by atoms with Gasteiger partial charge in [0.2, 0.25) is 20.0 Å². The fourth-order valence-electron chi connectivity index (χ4n) is 3.76. The summed E-state index contributed by atoms with van der Waals surface area (Å²) in [7, 11) is -6.64. The molecule has 1 aliphatic rings. The van der Waals surface area contributed by atoms with Gasteiger partial charge in [-0.15, -0.1) is 0 Å². The molecule has 2 atom stereocenters. The van der Waals surface area contributed by atoms with Crippen LogP contribution in [0.2, 0.25) is 0 Å². The lowest BCUT2D eigenvalue weighted by atomic mass is 10.0. The van der Waals surface area contributed by atoms with E-state index in [1.54, 1.807) is 38.1 Å². The largest absolute Gasteiger partial charge is 0.489 e. The lowest BCUT2D eigenvalue weighted by Crippen LogP contribution is -2.44. The van der Waals surface area contributed by atoms with Crippen LogP contribution in [0.4, 0.5) is 4.39 Å². The fourth-order valence-corrected chi connectivity index (χ4v) is 5.20. The van der Waals surface area contributed by atoms with Gasteiger partial charge >= 0.3 is 0 Å². The highest BCUT2D eigenvalue weighted by Gasteiger charge is 2.33. The molecule has 33 heavy (non-hydrogen) atoms. The second kappa shape index (κ2) is 10.5. The Bertz CT molecular complexity index is 1170. The van der Waals surface area contributed by atoms with E-state index in [1.165, 1.54) is 6.07 Å². The van der Waals surface area contributed by atoms with Crippen molar-refractivity contribution >= 4 is 20.0 Å². The van der Waals surface area contributed by atoms with Gasteiger partial charge in [-0.05, 0) is 62.8 Å². The predicted octanol–water partition coefficient (Wildman–Crippen LogP) is 3.21. The van der Waals surface area contributed by atoms with Crippen molar-refractivity contribution in [3.63, 3.8) is 0 Å². The number of ether oxygens (including phenoxy) is 1. The SMILES string of the molecule is CC(C)S(=O)(=O)N[C@H]1CCC[C@H]1Oc1ccc(-c2ccc(CCNS(C)(=O)=O)cc2)c(F)c1. The van der Waals surface area contributed by atoms with E-state index in [-0.39, 0.29) is 12.1 Å². The molecule has 0 unspecified atom stereocenters. The first-order valence-corrected chi connectivity index (χ1v) is 14.4. The quantitative estimate of drug-likeness (QED) is 0.524. The van der Waals surface area contributed by atoms with Crippen LogP contribution in [0.3, 0.4) is 0 Å². The van der Waals surface area contributed by atoms with Crippen LogP contribution in [-0.2, 0) is 26.5 Å². The standard InChI is InChI=1S/C23H31FN2O5S2/c1-16(2)33(29,30)26-22-5-4-6-23(22)31-19-11-12-20(21(24)15-19)18-9-7-17(8-10-18)13-14-25-32(3,27)28/h7-12,15-16,22-23,25-26H,4-6,13-14H2,1-3H3/t22-,23+/m0/s1. The number of benzene rings is 2. The van der Waals surface area contributed by atoms with Crippen LogP contribution in [-0.4, -0.2) is 47.0 Å². The summed E-state index contributed by atoms with van der Waals surface area (Å²) in [5.41, 5.74) is 2.06. The van der Waals surface area contributed by atoms with Crippen molar-refractivity contribution in [3.05, 3.63) is 53.8 Å². The summed E-state index contributed by atoms with van der Waals surface area (Å²) >= 11 is 0. The van der Waals surface area contributed by atoms with E-state index in [0.717, 1.165) is 18.2 Å². The zero-order valence-corrected chi connectivity index (χ0v) is 20.7. The van der Waals surface area contributed by atoms with Crippen LogP contribution in [0, 0.1) is 5.82 Å². The van der Waals surface area contributed by atoms with Gasteiger partial charge in [-0.2, -0.15) is 0 Å². The molecule has 2 N–H and O–H groups in total. The second-order valence-electron chi connectivity index (χ2n) is 8.66. The first kappa shape index (κ1) is 25.6. The summed E-state index contributed by atoms with van der Waals surface area (Å²) in [6.07, 6.45) is 3.52. The molecule has 0 spiro atoms. The van der Waals surface area contributed by atoms with Gasteiger partial charge in [0.05, 0.1) is 17.5 Å². The fraction of sp³-hybridized carbons (Fsp3) is 0.478. The molecule has 1 aliphatic carbocycles. The minimum absolute atomic E-state index is 0.300. The maximum Gasteiger partial charge on any atom is 0.214 e. The Morgan fingerprint density at radius 1 is 1.06 bits per heavy atom. The van der Waals surface area contributed by atoms with Crippen molar-refractivity contribution in [1.82, 2.24) is 9.44 Å². The summed E-state index contributed by atoms with van der Waals surface area (Å²) in [4.78, 5) is 0. The number of hydrogen-bond acceptors (Lipinski definition) is 5. The summed E-state index contributed by atoms with van der Waals surface area (Å²) in [6.45, 7) is 3.55. The highest BCUT2D eigenvalue weighted by molar-refractivity contribution is 7.90. The van der Waals surface area contributed by atoms with Crippen molar-refractivity contribution in [3.8, 4) is 16.9 Å². The van der Waals surface area contributed by atoms with E-state index >= 15 is 0 Å². The number of sulfonamides is 2. The molecule has 0 aliphatic heterocycles. The lowest BCUT2D eigenvalue weighted by molar-refractivity contribution is 0.184. The average molecular weight is 499 g/mol. The van der Waals surface area contributed by atoms with Crippen LogP contribution < -0.4 is 14.2 Å². The molecule has 1 saturated carbocycles. The van der Waals surface area contributed by atoms with Crippen molar-refractivity contribution in [1.29, 1.82) is 0 Å². The summed E-state index contributed by atoms with van der Waals surface area (Å²) in [5.74, 6) is -0.0725. The third-order valence-electron chi connectivity index (χ3n) is 5.66. The molecular formula is C23H31FN2O5S2. The van der Waals surface area contributed by atoms with Gasteiger partial charge in [-0.1, -0.05) is 24.3 Å². The van der Waals surface area contributed by atoms with E-state index < -0.39 is 31.1 Å². The summed E-state index contributed by atoms with van der Waals surface area (Å²) < 4.78 is 72.7. The average Bonchev–Trinajstić information content (AvgIpc) is 3.13. The normalized spacial score (nSPS) is 19.2. The van der Waals surface area contributed by atoms with Gasteiger partial charge in [0.1, 0.15) is 17.7 Å². The van der Waals surface area contributed by atoms with Gasteiger partial charge in [-0.3, -0.25) is 0 Å². The first-order valence-electron chi connectivity index (χ1n) is 11.0. The van der Waals surface area contributed by atoms with Crippen LogP contribution in [0.25, 0.3) is 11.1 Å². The molecule has 2 aromatic carbocycles. The third-order valence-corrected chi connectivity index (χ3v) is 8.26. The van der Waals surface area contributed by atoms with Crippen LogP contribution >= 0.6 is 0 Å². The topological polar surface area (TPSA) is 102 Å². The maximum absolute atomic E-state index is 14.9. The smallest absolute Gasteiger partial charge is 0.214 e. The number of rotatable bonds is 10. The molecular weight excluding hydrogens is 467 g/mol. The minimum Gasteiger partial charge on any atom is -0.489 e. The Morgan fingerprint density at radius 2 is 1.76 bits per heavy atom. The van der Waals surface area contributed by atoms with Crippen LogP contribution in [0.1, 0.15) is 38.7 Å². The molecule has 0 aromatic heterocycles. The number of nitrogens with one attached hydrogen (secondary N) is 2. The Hall–Kier alpha value is -2.01. The molecule has 3 rings (SSSR count). The molecule has 182 valence electrons. The van der Waals surface area contributed by atoms with Crippen molar-refractivity contribution in [2.45, 2.75) is 56.9 Å². The predicted molar refractivity (Wildman–Crippen MR) is 128 cm³/mol. The van der Waals surface area contributed by atoms with Crippen molar-refractivity contribution in [2.75, 3.05) is 12.8 Å². The first-order chi connectivity index (χ1) is 15.4. The number of hydrogen-bond donors (Lipinski definition) is 2.